The second kappa shape index (κ2) is 5.07. The first kappa shape index (κ1) is 12.6. The number of hydrogen-bond donors (Lipinski definition) is 1. The number of carbonyl (C=O) groups is 1. The van der Waals surface area contributed by atoms with Gasteiger partial charge in [0.2, 0.25) is 0 Å². The van der Waals surface area contributed by atoms with Gasteiger partial charge in [-0.1, -0.05) is 6.92 Å². The van der Waals surface area contributed by atoms with E-state index in [4.69, 9.17) is 0 Å². The minimum atomic E-state index is -0.987. The zero-order valence-electron chi connectivity index (χ0n) is 9.97. The molecule has 1 rings (SSSR count). The van der Waals surface area contributed by atoms with Crippen molar-refractivity contribution in [2.75, 3.05) is 13.6 Å². The Morgan fingerprint density at radius 3 is 2.50 bits per heavy atom. The molecule has 1 N–H and O–H groups in total. The van der Waals surface area contributed by atoms with Gasteiger partial charge in [-0.2, -0.15) is 0 Å². The maximum Gasteiger partial charge on any atom is 0.328 e. The number of rotatable bonds is 5. The second-order valence-corrected chi connectivity index (χ2v) is 4.03. The maximum absolute atomic E-state index is 11.5. The first-order valence-corrected chi connectivity index (χ1v) is 5.38. The van der Waals surface area contributed by atoms with Crippen molar-refractivity contribution in [3.05, 3.63) is 30.1 Å². The Hall–Kier alpha value is -1.42. The molecule has 0 aliphatic carbocycles. The number of pyridine rings is 1. The molecule has 0 spiro atoms. The predicted molar refractivity (Wildman–Crippen MR) is 62.1 cm³/mol. The van der Waals surface area contributed by atoms with Crippen molar-refractivity contribution < 1.29 is 9.90 Å². The van der Waals surface area contributed by atoms with Crippen LogP contribution in [0.25, 0.3) is 0 Å². The lowest BCUT2D eigenvalue weighted by atomic mass is 9.91. The van der Waals surface area contributed by atoms with E-state index in [0.717, 1.165) is 18.5 Å². The Bertz CT molecular complexity index is 353. The van der Waals surface area contributed by atoms with Gasteiger partial charge in [0.15, 0.2) is 0 Å². The topological polar surface area (TPSA) is 53.4 Å². The molecule has 4 nitrogen and oxygen atoms in total. The standard InChI is InChI=1S/C12H18N2O2/c1-4-9-14(3)12(2,11(15)16)10-5-7-13-8-6-10/h5-8H,4,9H2,1-3H3,(H,15,16). The third kappa shape index (κ3) is 2.22. The molecule has 0 saturated heterocycles. The monoisotopic (exact) mass is 222 g/mol. The zero-order chi connectivity index (χ0) is 12.2. The van der Waals surface area contributed by atoms with E-state index >= 15 is 0 Å². The Kier molecular flexibility index (Phi) is 4.01. The molecule has 0 aliphatic heterocycles. The van der Waals surface area contributed by atoms with Gasteiger partial charge in [0.1, 0.15) is 5.54 Å². The van der Waals surface area contributed by atoms with Gasteiger partial charge in [-0.15, -0.1) is 0 Å². The summed E-state index contributed by atoms with van der Waals surface area (Å²) in [6, 6.07) is 3.50. The Morgan fingerprint density at radius 2 is 2.06 bits per heavy atom. The van der Waals surface area contributed by atoms with E-state index in [1.165, 1.54) is 0 Å². The number of likely N-dealkylation sites (N-methyl/N-ethyl adjacent to an activating group) is 1. The van der Waals surface area contributed by atoms with E-state index in [2.05, 4.69) is 4.98 Å². The fourth-order valence-electron chi connectivity index (χ4n) is 1.74. The smallest absolute Gasteiger partial charge is 0.328 e. The van der Waals surface area contributed by atoms with Gasteiger partial charge in [-0.25, -0.2) is 4.79 Å². The number of carboxylic acids is 1. The van der Waals surface area contributed by atoms with E-state index in [1.54, 1.807) is 31.5 Å². The molecular weight excluding hydrogens is 204 g/mol. The minimum absolute atomic E-state index is 0.741. The molecule has 1 heterocycles. The largest absolute Gasteiger partial charge is 0.480 e. The molecule has 0 aliphatic rings. The Labute approximate surface area is 95.9 Å². The van der Waals surface area contributed by atoms with Gasteiger partial charge in [0.25, 0.3) is 0 Å². The molecule has 0 aromatic carbocycles. The molecule has 4 heteroatoms. The lowest BCUT2D eigenvalue weighted by molar-refractivity contribution is -0.150. The number of carboxylic acid groups (broad SMARTS) is 1. The molecule has 0 fully saturated rings. The van der Waals surface area contributed by atoms with Crippen LogP contribution in [0.3, 0.4) is 0 Å². The average molecular weight is 222 g/mol. The average Bonchev–Trinajstić information content (AvgIpc) is 2.29. The highest BCUT2D eigenvalue weighted by Gasteiger charge is 2.38. The molecule has 0 bridgehead atoms. The van der Waals surface area contributed by atoms with Crippen LogP contribution in [0, 0.1) is 0 Å². The van der Waals surface area contributed by atoms with Crippen LogP contribution in [0.15, 0.2) is 24.5 Å². The van der Waals surface area contributed by atoms with Crippen LogP contribution in [0.2, 0.25) is 0 Å². The van der Waals surface area contributed by atoms with Crippen molar-refractivity contribution in [1.82, 2.24) is 9.88 Å². The van der Waals surface area contributed by atoms with Crippen LogP contribution in [0.4, 0.5) is 0 Å². The van der Waals surface area contributed by atoms with E-state index in [1.807, 2.05) is 18.9 Å². The van der Waals surface area contributed by atoms with Gasteiger partial charge in [-0.05, 0) is 44.6 Å². The lowest BCUT2D eigenvalue weighted by Crippen LogP contribution is -2.48. The number of hydrogen-bond acceptors (Lipinski definition) is 3. The lowest BCUT2D eigenvalue weighted by Gasteiger charge is -2.35. The third-order valence-electron chi connectivity index (χ3n) is 2.98. The van der Waals surface area contributed by atoms with E-state index in [0.29, 0.717) is 0 Å². The van der Waals surface area contributed by atoms with Crippen molar-refractivity contribution in [3.63, 3.8) is 0 Å². The Morgan fingerprint density at radius 1 is 1.50 bits per heavy atom. The SMILES string of the molecule is CCCN(C)C(C)(C(=O)O)c1ccncc1. The van der Waals surface area contributed by atoms with Gasteiger partial charge in [-0.3, -0.25) is 9.88 Å². The first-order chi connectivity index (χ1) is 7.53. The Balaban J connectivity index is 3.12. The van der Waals surface area contributed by atoms with Gasteiger partial charge >= 0.3 is 5.97 Å². The molecule has 1 aromatic heterocycles. The van der Waals surface area contributed by atoms with E-state index in [-0.39, 0.29) is 0 Å². The second-order valence-electron chi connectivity index (χ2n) is 4.03. The maximum atomic E-state index is 11.5. The number of aromatic nitrogens is 1. The molecule has 0 saturated carbocycles. The molecule has 0 radical (unpaired) electrons. The highest BCUT2D eigenvalue weighted by Crippen LogP contribution is 2.27. The molecule has 1 aromatic rings. The van der Waals surface area contributed by atoms with Crippen LogP contribution < -0.4 is 0 Å². The highest BCUT2D eigenvalue weighted by atomic mass is 16.4. The van der Waals surface area contributed by atoms with E-state index < -0.39 is 11.5 Å². The summed E-state index contributed by atoms with van der Waals surface area (Å²) in [5.74, 6) is -0.838. The molecule has 1 unspecified atom stereocenters. The van der Waals surface area contributed by atoms with Crippen LogP contribution in [0.1, 0.15) is 25.8 Å². The quantitative estimate of drug-likeness (QED) is 0.824. The summed E-state index contributed by atoms with van der Waals surface area (Å²) in [5, 5.41) is 9.42. The summed E-state index contributed by atoms with van der Waals surface area (Å²) < 4.78 is 0. The van der Waals surface area contributed by atoms with Crippen molar-refractivity contribution in [1.29, 1.82) is 0 Å². The molecule has 0 amide bonds. The van der Waals surface area contributed by atoms with Crippen molar-refractivity contribution in [2.45, 2.75) is 25.8 Å². The third-order valence-corrected chi connectivity index (χ3v) is 2.98. The summed E-state index contributed by atoms with van der Waals surface area (Å²) in [6.45, 7) is 4.50. The normalized spacial score (nSPS) is 14.8. The van der Waals surface area contributed by atoms with Gasteiger partial charge in [0.05, 0.1) is 0 Å². The van der Waals surface area contributed by atoms with Gasteiger partial charge < -0.3 is 5.11 Å². The van der Waals surface area contributed by atoms with Crippen LogP contribution >= 0.6 is 0 Å². The fraction of sp³-hybridized carbons (Fsp3) is 0.500. The molecule has 16 heavy (non-hydrogen) atoms. The first-order valence-electron chi connectivity index (χ1n) is 5.38. The van der Waals surface area contributed by atoms with Gasteiger partial charge in [0, 0.05) is 12.4 Å². The molecule has 88 valence electrons. The predicted octanol–water partition coefficient (Wildman–Crippen LogP) is 1.72. The minimum Gasteiger partial charge on any atom is -0.480 e. The number of aliphatic carboxylic acids is 1. The summed E-state index contributed by atoms with van der Waals surface area (Å²) in [4.78, 5) is 17.2. The number of nitrogens with zero attached hydrogens (tertiary/aromatic N) is 2. The van der Waals surface area contributed by atoms with Crippen LogP contribution in [-0.4, -0.2) is 34.6 Å². The summed E-state index contributed by atoms with van der Waals surface area (Å²) >= 11 is 0. The van der Waals surface area contributed by atoms with Crippen LogP contribution in [-0.2, 0) is 10.3 Å². The fourth-order valence-corrected chi connectivity index (χ4v) is 1.74. The van der Waals surface area contributed by atoms with Crippen LogP contribution in [0.5, 0.6) is 0 Å². The zero-order valence-corrected chi connectivity index (χ0v) is 9.97. The van der Waals surface area contributed by atoms with Crippen molar-refractivity contribution in [3.8, 4) is 0 Å². The van der Waals surface area contributed by atoms with Crippen molar-refractivity contribution in [2.24, 2.45) is 0 Å². The highest BCUT2D eigenvalue weighted by molar-refractivity contribution is 5.80. The summed E-state index contributed by atoms with van der Waals surface area (Å²) in [6.07, 6.45) is 4.16. The molecular formula is C12H18N2O2. The summed E-state index contributed by atoms with van der Waals surface area (Å²) in [7, 11) is 1.83. The van der Waals surface area contributed by atoms with E-state index in [9.17, 15) is 9.90 Å². The van der Waals surface area contributed by atoms with Crippen molar-refractivity contribution >= 4 is 5.97 Å². The summed E-state index contributed by atoms with van der Waals surface area (Å²) in [5.41, 5.74) is -0.232. The molecule has 1 atom stereocenters.